The number of piperidine rings is 1. The fourth-order valence-electron chi connectivity index (χ4n) is 3.25. The molecular formula is C14H27F2N3. The highest BCUT2D eigenvalue weighted by Gasteiger charge is 2.47. The van der Waals surface area contributed by atoms with Gasteiger partial charge in [-0.25, -0.2) is 8.78 Å². The maximum Gasteiger partial charge on any atom is 0.275 e. The van der Waals surface area contributed by atoms with Crippen molar-refractivity contribution in [3.63, 3.8) is 0 Å². The number of hydrogen-bond acceptors (Lipinski definition) is 3. The van der Waals surface area contributed by atoms with Crippen molar-refractivity contribution in [3.05, 3.63) is 0 Å². The summed E-state index contributed by atoms with van der Waals surface area (Å²) < 4.78 is 28.7. The Morgan fingerprint density at radius 3 is 2.26 bits per heavy atom. The maximum absolute atomic E-state index is 14.4. The van der Waals surface area contributed by atoms with Gasteiger partial charge in [0.2, 0.25) is 0 Å². The molecule has 2 fully saturated rings. The third-order valence-corrected chi connectivity index (χ3v) is 4.24. The van der Waals surface area contributed by atoms with Crippen molar-refractivity contribution in [2.75, 3.05) is 52.9 Å². The number of likely N-dealkylation sites (N-methyl/N-ethyl adjacent to an activating group) is 1. The van der Waals surface area contributed by atoms with Crippen molar-refractivity contribution >= 4 is 0 Å². The molecule has 0 radical (unpaired) electrons. The highest BCUT2D eigenvalue weighted by atomic mass is 19.3. The van der Waals surface area contributed by atoms with E-state index in [2.05, 4.69) is 25.8 Å². The molecular weight excluding hydrogens is 248 g/mol. The Balaban J connectivity index is 1.92. The molecule has 112 valence electrons. The smallest absolute Gasteiger partial charge is 0.275 e. The van der Waals surface area contributed by atoms with Crippen LogP contribution in [-0.4, -0.2) is 79.5 Å². The maximum atomic E-state index is 14.4. The zero-order valence-corrected chi connectivity index (χ0v) is 12.4. The van der Waals surface area contributed by atoms with Crippen LogP contribution in [0.5, 0.6) is 0 Å². The molecule has 1 atom stereocenters. The van der Waals surface area contributed by atoms with Gasteiger partial charge in [0.05, 0.1) is 12.6 Å². The van der Waals surface area contributed by atoms with Gasteiger partial charge in [-0.1, -0.05) is 13.8 Å². The molecule has 0 aliphatic carbocycles. The average Bonchev–Trinajstić information content (AvgIpc) is 2.29. The van der Waals surface area contributed by atoms with Gasteiger partial charge in [-0.3, -0.25) is 9.80 Å². The second kappa shape index (κ2) is 6.02. The summed E-state index contributed by atoms with van der Waals surface area (Å²) in [4.78, 5) is 6.15. The fourth-order valence-corrected chi connectivity index (χ4v) is 3.25. The molecule has 3 nitrogen and oxygen atoms in total. The summed E-state index contributed by atoms with van der Waals surface area (Å²) in [5.74, 6) is -2.11. The molecule has 0 amide bonds. The van der Waals surface area contributed by atoms with E-state index in [0.717, 1.165) is 39.3 Å². The molecule has 0 aromatic heterocycles. The largest absolute Gasteiger partial charge is 0.304 e. The van der Waals surface area contributed by atoms with Crippen LogP contribution in [-0.2, 0) is 0 Å². The summed E-state index contributed by atoms with van der Waals surface area (Å²) >= 11 is 0. The molecule has 2 aliphatic rings. The number of piperazine rings is 1. The lowest BCUT2D eigenvalue weighted by Crippen LogP contribution is -2.61. The van der Waals surface area contributed by atoms with Crippen LogP contribution in [0.1, 0.15) is 20.3 Å². The Bertz CT molecular complexity index is 288. The number of rotatable bonds is 3. The van der Waals surface area contributed by atoms with Crippen LogP contribution in [0.4, 0.5) is 8.78 Å². The normalized spacial score (nSPS) is 30.9. The number of hydrogen-bond donors (Lipinski definition) is 0. The Morgan fingerprint density at radius 1 is 1.11 bits per heavy atom. The molecule has 5 heteroatoms. The van der Waals surface area contributed by atoms with Crippen LogP contribution in [0.25, 0.3) is 0 Å². The molecule has 0 aromatic rings. The van der Waals surface area contributed by atoms with Crippen molar-refractivity contribution in [2.45, 2.75) is 32.2 Å². The molecule has 2 heterocycles. The summed E-state index contributed by atoms with van der Waals surface area (Å²) in [6, 6.07) is -0.551. The van der Waals surface area contributed by atoms with Gasteiger partial charge < -0.3 is 4.90 Å². The van der Waals surface area contributed by atoms with Gasteiger partial charge in [-0.2, -0.15) is 0 Å². The second-order valence-corrected chi connectivity index (χ2v) is 6.53. The summed E-state index contributed by atoms with van der Waals surface area (Å²) in [6.07, 6.45) is 0.601. The first-order valence-electron chi connectivity index (χ1n) is 7.41. The number of likely N-dealkylation sites (tertiary alicyclic amines) is 1. The van der Waals surface area contributed by atoms with Gasteiger partial charge in [0.1, 0.15) is 0 Å². The lowest BCUT2D eigenvalue weighted by atomic mass is 9.97. The molecule has 0 N–H and O–H groups in total. The first-order chi connectivity index (χ1) is 8.88. The Morgan fingerprint density at radius 2 is 1.74 bits per heavy atom. The predicted octanol–water partition coefficient (Wildman–Crippen LogP) is 1.60. The Kier molecular flexibility index (Phi) is 4.79. The summed E-state index contributed by atoms with van der Waals surface area (Å²) in [5.41, 5.74) is 0. The van der Waals surface area contributed by atoms with Gasteiger partial charge in [-0.05, 0) is 19.4 Å². The van der Waals surface area contributed by atoms with E-state index in [1.54, 1.807) is 0 Å². The van der Waals surface area contributed by atoms with E-state index in [4.69, 9.17) is 0 Å². The van der Waals surface area contributed by atoms with Gasteiger partial charge in [0.25, 0.3) is 5.92 Å². The van der Waals surface area contributed by atoms with E-state index >= 15 is 0 Å². The number of halogens is 2. The summed E-state index contributed by atoms with van der Waals surface area (Å²) in [7, 11) is 2.06. The molecule has 2 aliphatic heterocycles. The fraction of sp³-hybridized carbons (Fsp3) is 1.00. The number of nitrogens with zero attached hydrogens (tertiary/aromatic N) is 3. The van der Waals surface area contributed by atoms with Crippen LogP contribution in [0.3, 0.4) is 0 Å². The minimum Gasteiger partial charge on any atom is -0.304 e. The Hall–Kier alpha value is -0.260. The monoisotopic (exact) mass is 275 g/mol. The molecule has 0 bridgehead atoms. The average molecular weight is 275 g/mol. The summed E-state index contributed by atoms with van der Waals surface area (Å²) in [6.45, 7) is 9.07. The summed E-state index contributed by atoms with van der Waals surface area (Å²) in [5, 5.41) is 0. The Labute approximate surface area is 115 Å². The quantitative estimate of drug-likeness (QED) is 0.774. The standard InChI is InChI=1S/C14H27F2N3/c1-12(2)10-18-5-4-13(14(15,16)11-18)19-8-6-17(3)7-9-19/h12-13H,4-11H2,1-3H3. The van der Waals surface area contributed by atoms with E-state index in [9.17, 15) is 8.78 Å². The molecule has 0 spiro atoms. The molecule has 2 saturated heterocycles. The third kappa shape index (κ3) is 3.86. The van der Waals surface area contributed by atoms with E-state index in [1.807, 2.05) is 9.80 Å². The van der Waals surface area contributed by atoms with Crippen LogP contribution in [0.15, 0.2) is 0 Å². The van der Waals surface area contributed by atoms with E-state index in [1.165, 1.54) is 0 Å². The molecule has 1 unspecified atom stereocenters. The molecule has 0 saturated carbocycles. The third-order valence-electron chi connectivity index (χ3n) is 4.24. The first-order valence-corrected chi connectivity index (χ1v) is 7.41. The highest BCUT2D eigenvalue weighted by Crippen LogP contribution is 2.32. The van der Waals surface area contributed by atoms with Crippen molar-refractivity contribution in [3.8, 4) is 0 Å². The topological polar surface area (TPSA) is 9.72 Å². The van der Waals surface area contributed by atoms with Crippen LogP contribution in [0, 0.1) is 5.92 Å². The number of alkyl halides is 2. The lowest BCUT2D eigenvalue weighted by molar-refractivity contribution is -0.133. The second-order valence-electron chi connectivity index (χ2n) is 6.53. The SMILES string of the molecule is CC(C)CN1CCC(N2CCN(C)CC2)C(F)(F)C1. The van der Waals surface area contributed by atoms with Crippen molar-refractivity contribution in [1.29, 1.82) is 0 Å². The van der Waals surface area contributed by atoms with Crippen LogP contribution >= 0.6 is 0 Å². The minimum absolute atomic E-state index is 0.0673. The minimum atomic E-state index is -2.57. The van der Waals surface area contributed by atoms with E-state index in [0.29, 0.717) is 12.3 Å². The molecule has 0 aromatic carbocycles. The van der Waals surface area contributed by atoms with Crippen molar-refractivity contribution < 1.29 is 8.78 Å². The van der Waals surface area contributed by atoms with Gasteiger partial charge in [0, 0.05) is 39.3 Å². The van der Waals surface area contributed by atoms with E-state index in [-0.39, 0.29) is 6.54 Å². The molecule has 2 rings (SSSR count). The zero-order valence-electron chi connectivity index (χ0n) is 12.4. The highest BCUT2D eigenvalue weighted by molar-refractivity contribution is 4.94. The van der Waals surface area contributed by atoms with E-state index < -0.39 is 12.0 Å². The van der Waals surface area contributed by atoms with Crippen molar-refractivity contribution in [2.24, 2.45) is 5.92 Å². The van der Waals surface area contributed by atoms with Crippen LogP contribution in [0.2, 0.25) is 0 Å². The van der Waals surface area contributed by atoms with Crippen molar-refractivity contribution in [1.82, 2.24) is 14.7 Å². The van der Waals surface area contributed by atoms with Crippen LogP contribution < -0.4 is 0 Å². The zero-order chi connectivity index (χ0) is 14.0. The van der Waals surface area contributed by atoms with Gasteiger partial charge >= 0.3 is 0 Å². The van der Waals surface area contributed by atoms with Gasteiger partial charge in [0.15, 0.2) is 0 Å². The lowest BCUT2D eigenvalue weighted by Gasteiger charge is -2.46. The predicted molar refractivity (Wildman–Crippen MR) is 73.7 cm³/mol. The molecule has 19 heavy (non-hydrogen) atoms. The first kappa shape index (κ1) is 15.1. The van der Waals surface area contributed by atoms with Gasteiger partial charge in [-0.15, -0.1) is 0 Å².